The van der Waals surface area contributed by atoms with E-state index in [1.54, 1.807) is 10.9 Å². The summed E-state index contributed by atoms with van der Waals surface area (Å²) in [5, 5.41) is 10.1. The molecular formula is C22H27N5O. The second-order valence-corrected chi connectivity index (χ2v) is 8.03. The maximum absolute atomic E-state index is 12.8. The molecule has 1 fully saturated rings. The van der Waals surface area contributed by atoms with E-state index in [9.17, 15) is 4.79 Å². The molecule has 1 saturated heterocycles. The van der Waals surface area contributed by atoms with E-state index in [0.717, 1.165) is 53.7 Å². The van der Waals surface area contributed by atoms with Crippen LogP contribution in [-0.4, -0.2) is 49.8 Å². The number of pyridine rings is 1. The third-order valence-corrected chi connectivity index (χ3v) is 5.86. The van der Waals surface area contributed by atoms with Crippen molar-refractivity contribution in [2.24, 2.45) is 13.0 Å². The molecule has 3 heterocycles. The molecule has 0 spiro atoms. The van der Waals surface area contributed by atoms with Gasteiger partial charge in [-0.1, -0.05) is 17.3 Å². The normalized spacial score (nSPS) is 16.1. The van der Waals surface area contributed by atoms with Crippen molar-refractivity contribution in [2.75, 3.05) is 13.1 Å². The number of ketones is 1. The number of hydrogen-bond donors (Lipinski definition) is 0. The summed E-state index contributed by atoms with van der Waals surface area (Å²) in [6.45, 7) is 6.47. The van der Waals surface area contributed by atoms with Gasteiger partial charge in [0, 0.05) is 48.3 Å². The second-order valence-electron chi connectivity index (χ2n) is 8.03. The average molecular weight is 377 g/mol. The first-order chi connectivity index (χ1) is 13.5. The molecule has 1 aliphatic rings. The number of piperidine rings is 1. The highest BCUT2D eigenvalue weighted by Crippen LogP contribution is 2.25. The molecule has 0 N–H and O–H groups in total. The van der Waals surface area contributed by atoms with E-state index >= 15 is 0 Å². The molecule has 0 unspecified atom stereocenters. The Morgan fingerprint density at radius 1 is 1.14 bits per heavy atom. The summed E-state index contributed by atoms with van der Waals surface area (Å²) < 4.78 is 1.76. The first kappa shape index (κ1) is 18.7. The standard InChI is InChI=1S/C22H27N5O/c1-15(2)27-8-6-16(7-9-27)22(28)12-20-11-19-10-17(4-5-18(19)13-23-20)21-14-24-25-26(21)3/h4-5,10-11,13-16H,6-9,12H2,1-3H3. The number of rotatable bonds is 5. The van der Waals surface area contributed by atoms with Crippen molar-refractivity contribution in [1.29, 1.82) is 0 Å². The van der Waals surface area contributed by atoms with Crippen molar-refractivity contribution in [3.63, 3.8) is 0 Å². The molecule has 0 amide bonds. The van der Waals surface area contributed by atoms with Crippen LogP contribution in [0.3, 0.4) is 0 Å². The van der Waals surface area contributed by atoms with Gasteiger partial charge < -0.3 is 4.90 Å². The molecule has 28 heavy (non-hydrogen) atoms. The van der Waals surface area contributed by atoms with Gasteiger partial charge in [-0.05, 0) is 57.3 Å². The Morgan fingerprint density at radius 3 is 2.61 bits per heavy atom. The number of aryl methyl sites for hydroxylation is 1. The number of hydrogen-bond acceptors (Lipinski definition) is 5. The van der Waals surface area contributed by atoms with Crippen LogP contribution in [0.15, 0.2) is 36.7 Å². The smallest absolute Gasteiger partial charge is 0.142 e. The van der Waals surface area contributed by atoms with E-state index in [4.69, 9.17) is 0 Å². The monoisotopic (exact) mass is 377 g/mol. The Morgan fingerprint density at radius 2 is 1.93 bits per heavy atom. The first-order valence-corrected chi connectivity index (χ1v) is 10.0. The number of aromatic nitrogens is 4. The number of carbonyl (C=O) groups excluding carboxylic acids is 1. The predicted molar refractivity (Wildman–Crippen MR) is 110 cm³/mol. The van der Waals surface area contributed by atoms with Crippen molar-refractivity contribution in [3.05, 3.63) is 42.4 Å². The summed E-state index contributed by atoms with van der Waals surface area (Å²) in [6, 6.07) is 8.82. The summed E-state index contributed by atoms with van der Waals surface area (Å²) in [5.41, 5.74) is 2.88. The van der Waals surface area contributed by atoms with Gasteiger partial charge in [0.15, 0.2) is 0 Å². The fraction of sp³-hybridized carbons (Fsp3) is 0.455. The quantitative estimate of drug-likeness (QED) is 0.683. The van der Waals surface area contributed by atoms with Gasteiger partial charge in [0.1, 0.15) is 5.78 Å². The first-order valence-electron chi connectivity index (χ1n) is 10.0. The predicted octanol–water partition coefficient (Wildman–Crippen LogP) is 3.26. The minimum absolute atomic E-state index is 0.166. The third-order valence-electron chi connectivity index (χ3n) is 5.86. The molecule has 1 aliphatic heterocycles. The van der Waals surface area contributed by atoms with E-state index in [0.29, 0.717) is 18.2 Å². The molecule has 0 bridgehead atoms. The molecule has 3 aromatic rings. The molecule has 146 valence electrons. The van der Waals surface area contributed by atoms with Gasteiger partial charge in [0.05, 0.1) is 11.9 Å². The Balaban J connectivity index is 1.50. The zero-order valence-electron chi connectivity index (χ0n) is 16.8. The van der Waals surface area contributed by atoms with Crippen LogP contribution < -0.4 is 0 Å². The maximum Gasteiger partial charge on any atom is 0.142 e. The molecular weight excluding hydrogens is 350 g/mol. The van der Waals surface area contributed by atoms with E-state index in [-0.39, 0.29) is 5.92 Å². The molecule has 0 aliphatic carbocycles. The lowest BCUT2D eigenvalue weighted by Gasteiger charge is -2.33. The van der Waals surface area contributed by atoms with Gasteiger partial charge in [-0.15, -0.1) is 5.10 Å². The van der Waals surface area contributed by atoms with E-state index in [2.05, 4.69) is 52.2 Å². The topological polar surface area (TPSA) is 63.9 Å². The van der Waals surface area contributed by atoms with Crippen LogP contribution in [0.5, 0.6) is 0 Å². The largest absolute Gasteiger partial charge is 0.301 e. The molecule has 0 atom stereocenters. The molecule has 4 rings (SSSR count). The number of Topliss-reactive ketones (excluding diaryl/α,β-unsaturated/α-hetero) is 1. The van der Waals surface area contributed by atoms with Gasteiger partial charge in [0.25, 0.3) is 0 Å². The summed E-state index contributed by atoms with van der Waals surface area (Å²) >= 11 is 0. The number of nitrogens with zero attached hydrogens (tertiary/aromatic N) is 5. The highest BCUT2D eigenvalue weighted by Gasteiger charge is 2.26. The van der Waals surface area contributed by atoms with E-state index < -0.39 is 0 Å². The highest BCUT2D eigenvalue weighted by atomic mass is 16.1. The molecule has 6 nitrogen and oxygen atoms in total. The Bertz CT molecular complexity index is 986. The van der Waals surface area contributed by atoms with Gasteiger partial charge in [-0.25, -0.2) is 4.68 Å². The number of likely N-dealkylation sites (tertiary alicyclic amines) is 1. The van der Waals surface area contributed by atoms with Crippen LogP contribution in [0.4, 0.5) is 0 Å². The fourth-order valence-electron chi connectivity index (χ4n) is 4.05. The zero-order chi connectivity index (χ0) is 19.7. The van der Waals surface area contributed by atoms with Crippen molar-refractivity contribution < 1.29 is 4.79 Å². The van der Waals surface area contributed by atoms with Crippen LogP contribution in [0.1, 0.15) is 32.4 Å². The lowest BCUT2D eigenvalue weighted by molar-refractivity contribution is -0.123. The number of benzene rings is 1. The van der Waals surface area contributed by atoms with Crippen LogP contribution in [0.25, 0.3) is 22.0 Å². The lowest BCUT2D eigenvalue weighted by atomic mass is 9.89. The fourth-order valence-corrected chi connectivity index (χ4v) is 4.05. The molecule has 6 heteroatoms. The van der Waals surface area contributed by atoms with Crippen LogP contribution in [-0.2, 0) is 18.3 Å². The Kier molecular flexibility index (Phi) is 5.22. The van der Waals surface area contributed by atoms with Crippen LogP contribution >= 0.6 is 0 Å². The number of fused-ring (bicyclic) bond motifs is 1. The zero-order valence-corrected chi connectivity index (χ0v) is 16.8. The summed E-state index contributed by atoms with van der Waals surface area (Å²) in [7, 11) is 1.88. The molecule has 2 aromatic heterocycles. The minimum atomic E-state index is 0.166. The summed E-state index contributed by atoms with van der Waals surface area (Å²) in [5.74, 6) is 0.488. The summed E-state index contributed by atoms with van der Waals surface area (Å²) in [4.78, 5) is 19.8. The highest BCUT2D eigenvalue weighted by molar-refractivity contribution is 5.88. The van der Waals surface area contributed by atoms with Crippen molar-refractivity contribution in [3.8, 4) is 11.3 Å². The minimum Gasteiger partial charge on any atom is -0.301 e. The molecule has 0 radical (unpaired) electrons. The molecule has 0 saturated carbocycles. The SMILES string of the molecule is CC(C)N1CCC(C(=O)Cc2cc3cc(-c4cnnn4C)ccc3cn2)CC1. The van der Waals surface area contributed by atoms with Crippen molar-refractivity contribution >= 4 is 16.6 Å². The van der Waals surface area contributed by atoms with Crippen molar-refractivity contribution in [1.82, 2.24) is 24.9 Å². The van der Waals surface area contributed by atoms with Gasteiger partial charge >= 0.3 is 0 Å². The van der Waals surface area contributed by atoms with Gasteiger partial charge in [-0.2, -0.15) is 0 Å². The van der Waals surface area contributed by atoms with E-state index in [1.165, 1.54) is 0 Å². The van der Waals surface area contributed by atoms with E-state index in [1.807, 2.05) is 19.3 Å². The molecule has 1 aromatic carbocycles. The number of carbonyl (C=O) groups is 1. The summed E-state index contributed by atoms with van der Waals surface area (Å²) in [6.07, 6.45) is 5.96. The third kappa shape index (κ3) is 3.83. The van der Waals surface area contributed by atoms with Gasteiger partial charge in [0.2, 0.25) is 0 Å². The maximum atomic E-state index is 12.8. The van der Waals surface area contributed by atoms with Gasteiger partial charge in [-0.3, -0.25) is 9.78 Å². The van der Waals surface area contributed by atoms with Crippen LogP contribution in [0.2, 0.25) is 0 Å². The average Bonchev–Trinajstić information content (AvgIpc) is 3.13. The lowest BCUT2D eigenvalue weighted by Crippen LogP contribution is -2.40. The van der Waals surface area contributed by atoms with Crippen LogP contribution in [0, 0.1) is 5.92 Å². The Hall–Kier alpha value is -2.60. The second kappa shape index (κ2) is 7.80. The van der Waals surface area contributed by atoms with Crippen molar-refractivity contribution in [2.45, 2.75) is 39.2 Å². The Labute approximate surface area is 165 Å².